The standard InChI is InChI=1S/C14H19Cl3N2O2/c1-9(2)8-12(20)19-13(14(15,16)17)18-10-6-4-5-7-11(10)21-3/h4-7,9,13,18H,8H2,1-3H3,(H,19,20)/t13-/m0/s1. The normalized spacial score (nSPS) is 12.9. The minimum Gasteiger partial charge on any atom is -0.495 e. The van der Waals surface area contributed by atoms with Gasteiger partial charge in [-0.2, -0.15) is 0 Å². The predicted octanol–water partition coefficient (Wildman–Crippen LogP) is 3.97. The predicted molar refractivity (Wildman–Crippen MR) is 88.3 cm³/mol. The summed E-state index contributed by atoms with van der Waals surface area (Å²) in [5, 5.41) is 5.68. The minimum absolute atomic E-state index is 0.191. The number of hydrogen-bond donors (Lipinski definition) is 2. The van der Waals surface area contributed by atoms with Crippen molar-refractivity contribution >= 4 is 46.4 Å². The Morgan fingerprint density at radius 1 is 1.29 bits per heavy atom. The summed E-state index contributed by atoms with van der Waals surface area (Å²) in [4.78, 5) is 11.9. The first-order valence-electron chi connectivity index (χ1n) is 6.49. The van der Waals surface area contributed by atoms with Gasteiger partial charge in [-0.05, 0) is 18.1 Å². The van der Waals surface area contributed by atoms with E-state index in [0.717, 1.165) is 0 Å². The van der Waals surface area contributed by atoms with Crippen LogP contribution >= 0.6 is 34.8 Å². The maximum atomic E-state index is 11.9. The molecule has 1 amide bonds. The molecule has 2 N–H and O–H groups in total. The fourth-order valence-corrected chi connectivity index (χ4v) is 2.04. The Hall–Kier alpha value is -0.840. The zero-order valence-electron chi connectivity index (χ0n) is 12.1. The third-order valence-electron chi connectivity index (χ3n) is 2.63. The zero-order chi connectivity index (χ0) is 16.0. The molecule has 0 saturated carbocycles. The molecule has 0 spiro atoms. The number of alkyl halides is 3. The van der Waals surface area contributed by atoms with Crippen LogP contribution in [0.25, 0.3) is 0 Å². The van der Waals surface area contributed by atoms with E-state index in [1.165, 1.54) is 0 Å². The van der Waals surface area contributed by atoms with Crippen molar-refractivity contribution < 1.29 is 9.53 Å². The van der Waals surface area contributed by atoms with Crippen LogP contribution in [0, 0.1) is 5.92 Å². The number of nitrogens with one attached hydrogen (secondary N) is 2. The summed E-state index contributed by atoms with van der Waals surface area (Å²) in [6.45, 7) is 3.88. The highest BCUT2D eigenvalue weighted by molar-refractivity contribution is 6.68. The van der Waals surface area contributed by atoms with Gasteiger partial charge in [-0.1, -0.05) is 60.8 Å². The van der Waals surface area contributed by atoms with E-state index in [4.69, 9.17) is 39.5 Å². The molecule has 1 aromatic carbocycles. The largest absolute Gasteiger partial charge is 0.495 e. The van der Waals surface area contributed by atoms with E-state index in [1.807, 2.05) is 26.0 Å². The highest BCUT2D eigenvalue weighted by atomic mass is 35.6. The Morgan fingerprint density at radius 2 is 1.90 bits per heavy atom. The lowest BCUT2D eigenvalue weighted by Gasteiger charge is -2.28. The van der Waals surface area contributed by atoms with Crippen LogP contribution < -0.4 is 15.4 Å². The van der Waals surface area contributed by atoms with Gasteiger partial charge in [-0.25, -0.2) is 0 Å². The van der Waals surface area contributed by atoms with Crippen molar-refractivity contribution in [2.75, 3.05) is 12.4 Å². The molecule has 0 fully saturated rings. The lowest BCUT2D eigenvalue weighted by Crippen LogP contribution is -2.49. The molecular formula is C14H19Cl3N2O2. The van der Waals surface area contributed by atoms with Gasteiger partial charge in [-0.3, -0.25) is 4.79 Å². The maximum absolute atomic E-state index is 11.9. The first-order chi connectivity index (χ1) is 9.74. The first-order valence-corrected chi connectivity index (χ1v) is 7.63. The summed E-state index contributed by atoms with van der Waals surface area (Å²) < 4.78 is 3.52. The van der Waals surface area contributed by atoms with Crippen LogP contribution in [0.4, 0.5) is 5.69 Å². The van der Waals surface area contributed by atoms with Gasteiger partial charge < -0.3 is 15.4 Å². The SMILES string of the molecule is COc1ccccc1N[C@@H](NC(=O)CC(C)C)C(Cl)(Cl)Cl. The number of halogens is 3. The van der Waals surface area contributed by atoms with E-state index >= 15 is 0 Å². The van der Waals surface area contributed by atoms with Crippen molar-refractivity contribution in [2.24, 2.45) is 5.92 Å². The van der Waals surface area contributed by atoms with Gasteiger partial charge in [0.25, 0.3) is 0 Å². The Bertz CT molecular complexity index is 476. The molecule has 0 radical (unpaired) electrons. The topological polar surface area (TPSA) is 50.4 Å². The molecule has 0 unspecified atom stereocenters. The highest BCUT2D eigenvalue weighted by Crippen LogP contribution is 2.33. The van der Waals surface area contributed by atoms with Crippen LogP contribution in [0.1, 0.15) is 20.3 Å². The van der Waals surface area contributed by atoms with Crippen LogP contribution in [-0.2, 0) is 4.79 Å². The second-order valence-corrected chi connectivity index (χ2v) is 7.35. The first kappa shape index (κ1) is 18.2. The Labute approximate surface area is 140 Å². The average molecular weight is 354 g/mol. The molecule has 1 rings (SSSR count). The van der Waals surface area contributed by atoms with Crippen LogP contribution in [0.2, 0.25) is 0 Å². The molecule has 0 bridgehead atoms. The number of para-hydroxylation sites is 2. The van der Waals surface area contributed by atoms with Crippen LogP contribution in [0.15, 0.2) is 24.3 Å². The number of methoxy groups -OCH3 is 1. The third kappa shape index (κ3) is 6.20. The molecule has 7 heteroatoms. The fraction of sp³-hybridized carbons (Fsp3) is 0.500. The lowest BCUT2D eigenvalue weighted by molar-refractivity contribution is -0.122. The van der Waals surface area contributed by atoms with Gasteiger partial charge in [0.2, 0.25) is 9.70 Å². The molecule has 21 heavy (non-hydrogen) atoms. The Morgan fingerprint density at radius 3 is 2.43 bits per heavy atom. The number of anilines is 1. The van der Waals surface area contributed by atoms with Crippen LogP contribution in [0.5, 0.6) is 5.75 Å². The van der Waals surface area contributed by atoms with Gasteiger partial charge in [0.15, 0.2) is 0 Å². The van der Waals surface area contributed by atoms with Gasteiger partial charge in [-0.15, -0.1) is 0 Å². The Kier molecular flexibility index (Phi) is 6.91. The number of rotatable bonds is 6. The molecule has 1 atom stereocenters. The van der Waals surface area contributed by atoms with E-state index in [-0.39, 0.29) is 11.8 Å². The third-order valence-corrected chi connectivity index (χ3v) is 3.29. The number of carbonyl (C=O) groups excluding carboxylic acids is 1. The zero-order valence-corrected chi connectivity index (χ0v) is 14.4. The fourth-order valence-electron chi connectivity index (χ4n) is 1.71. The van der Waals surface area contributed by atoms with Gasteiger partial charge >= 0.3 is 0 Å². The van der Waals surface area contributed by atoms with Crippen LogP contribution in [-0.4, -0.2) is 23.0 Å². The van der Waals surface area contributed by atoms with E-state index in [1.54, 1.807) is 19.2 Å². The van der Waals surface area contributed by atoms with E-state index in [2.05, 4.69) is 10.6 Å². The van der Waals surface area contributed by atoms with Crippen molar-refractivity contribution in [3.8, 4) is 5.75 Å². The summed E-state index contributed by atoms with van der Waals surface area (Å²) in [5.41, 5.74) is 0.626. The van der Waals surface area contributed by atoms with Gasteiger partial charge in [0, 0.05) is 6.42 Å². The summed E-state index contributed by atoms with van der Waals surface area (Å²) in [7, 11) is 1.54. The molecule has 1 aromatic rings. The molecule has 0 aliphatic rings. The molecule has 0 aromatic heterocycles. The smallest absolute Gasteiger partial charge is 0.228 e. The second-order valence-electron chi connectivity index (χ2n) is 4.98. The van der Waals surface area contributed by atoms with Gasteiger partial charge in [0.1, 0.15) is 11.9 Å². The second kappa shape index (κ2) is 7.97. The van der Waals surface area contributed by atoms with Gasteiger partial charge in [0.05, 0.1) is 12.8 Å². The Balaban J connectivity index is 2.87. The van der Waals surface area contributed by atoms with E-state index in [0.29, 0.717) is 17.9 Å². The van der Waals surface area contributed by atoms with E-state index < -0.39 is 9.96 Å². The summed E-state index contributed by atoms with van der Waals surface area (Å²) in [6, 6.07) is 7.19. The molecular weight excluding hydrogens is 335 g/mol. The summed E-state index contributed by atoms with van der Waals surface area (Å²) in [6.07, 6.45) is -0.518. The highest BCUT2D eigenvalue weighted by Gasteiger charge is 2.34. The van der Waals surface area contributed by atoms with E-state index in [9.17, 15) is 4.79 Å². The number of ether oxygens (including phenoxy) is 1. The van der Waals surface area contributed by atoms with Crippen molar-refractivity contribution in [3.05, 3.63) is 24.3 Å². The molecule has 118 valence electrons. The van der Waals surface area contributed by atoms with Crippen molar-refractivity contribution in [2.45, 2.75) is 30.2 Å². The molecule has 0 heterocycles. The maximum Gasteiger partial charge on any atom is 0.228 e. The number of hydrogen-bond acceptors (Lipinski definition) is 3. The lowest BCUT2D eigenvalue weighted by atomic mass is 10.1. The average Bonchev–Trinajstić information content (AvgIpc) is 2.36. The molecule has 0 aliphatic heterocycles. The quantitative estimate of drug-likeness (QED) is 0.601. The summed E-state index contributed by atoms with van der Waals surface area (Å²) >= 11 is 17.8. The van der Waals surface area contributed by atoms with Crippen LogP contribution in [0.3, 0.4) is 0 Å². The monoisotopic (exact) mass is 352 g/mol. The minimum atomic E-state index is -1.70. The molecule has 0 aliphatic carbocycles. The van der Waals surface area contributed by atoms with Crippen molar-refractivity contribution in [1.29, 1.82) is 0 Å². The number of carbonyl (C=O) groups is 1. The van der Waals surface area contributed by atoms with Crippen molar-refractivity contribution in [3.63, 3.8) is 0 Å². The summed E-state index contributed by atoms with van der Waals surface area (Å²) in [5.74, 6) is 0.617. The number of amides is 1. The molecule has 0 saturated heterocycles. The van der Waals surface area contributed by atoms with Crippen molar-refractivity contribution in [1.82, 2.24) is 5.32 Å². The molecule has 4 nitrogen and oxygen atoms in total. The number of benzene rings is 1.